The summed E-state index contributed by atoms with van der Waals surface area (Å²) in [5.74, 6) is 0. The second kappa shape index (κ2) is 4.56. The fourth-order valence-corrected chi connectivity index (χ4v) is 2.37. The van der Waals surface area contributed by atoms with Gasteiger partial charge in [-0.1, -0.05) is 31.2 Å². The van der Waals surface area contributed by atoms with Crippen molar-refractivity contribution in [3.05, 3.63) is 35.4 Å². The Morgan fingerprint density at radius 1 is 1.25 bits per heavy atom. The number of rotatable bonds is 4. The molecule has 0 atom stereocenters. The van der Waals surface area contributed by atoms with Crippen molar-refractivity contribution in [2.45, 2.75) is 44.3 Å². The first-order valence-electron chi connectivity index (χ1n) is 5.98. The van der Waals surface area contributed by atoms with Gasteiger partial charge in [0, 0.05) is 26.4 Å². The summed E-state index contributed by atoms with van der Waals surface area (Å²) >= 11 is 0. The maximum absolute atomic E-state index is 10.2. The lowest BCUT2D eigenvalue weighted by Crippen LogP contribution is -2.49. The minimum atomic E-state index is -0.533. The summed E-state index contributed by atoms with van der Waals surface area (Å²) in [6.45, 7) is 2.15. The Hall–Kier alpha value is -0.860. The highest BCUT2D eigenvalue weighted by Crippen LogP contribution is 2.36. The van der Waals surface area contributed by atoms with Gasteiger partial charge in [0.25, 0.3) is 0 Å². The molecule has 2 rings (SSSR count). The molecule has 1 aliphatic rings. The van der Waals surface area contributed by atoms with E-state index < -0.39 is 5.60 Å². The zero-order valence-corrected chi connectivity index (χ0v) is 10.1. The van der Waals surface area contributed by atoms with Crippen molar-refractivity contribution in [3.63, 3.8) is 0 Å². The molecule has 1 N–H and O–H groups in total. The summed E-state index contributed by atoms with van der Waals surface area (Å²) in [6.07, 6.45) is 3.59. The fourth-order valence-electron chi connectivity index (χ4n) is 2.37. The van der Waals surface area contributed by atoms with Crippen LogP contribution < -0.4 is 0 Å². The molecular weight excluding hydrogens is 200 g/mol. The smallest absolute Gasteiger partial charge is 0.0737 e. The van der Waals surface area contributed by atoms with Crippen molar-refractivity contribution in [2.75, 3.05) is 7.11 Å². The molecule has 0 heterocycles. The first-order chi connectivity index (χ1) is 7.65. The predicted molar refractivity (Wildman–Crippen MR) is 64.5 cm³/mol. The van der Waals surface area contributed by atoms with Gasteiger partial charge in [-0.2, -0.15) is 0 Å². The Balaban J connectivity index is 1.94. The minimum absolute atomic E-state index is 0.250. The molecular formula is C14H20O2. The summed E-state index contributed by atoms with van der Waals surface area (Å²) in [5.41, 5.74) is 2.03. The number of methoxy groups -OCH3 is 1. The van der Waals surface area contributed by atoms with Crippen LogP contribution in [0.4, 0.5) is 0 Å². The highest BCUT2D eigenvalue weighted by atomic mass is 16.5. The van der Waals surface area contributed by atoms with E-state index >= 15 is 0 Å². The zero-order chi connectivity index (χ0) is 11.6. The number of aryl methyl sites for hydroxylation is 1. The van der Waals surface area contributed by atoms with Gasteiger partial charge in [-0.15, -0.1) is 0 Å². The summed E-state index contributed by atoms with van der Waals surface area (Å²) in [4.78, 5) is 0. The van der Waals surface area contributed by atoms with Crippen LogP contribution in [0.1, 0.15) is 30.9 Å². The lowest BCUT2D eigenvalue weighted by Gasteiger charge is -2.42. The molecule has 0 unspecified atom stereocenters. The molecule has 1 fully saturated rings. The normalized spacial score (nSPS) is 28.8. The Morgan fingerprint density at radius 2 is 1.81 bits per heavy atom. The number of hydrogen-bond donors (Lipinski definition) is 1. The Labute approximate surface area is 97.3 Å². The average Bonchev–Trinajstić information content (AvgIpc) is 2.26. The van der Waals surface area contributed by atoms with Crippen LogP contribution in [0.15, 0.2) is 24.3 Å². The van der Waals surface area contributed by atoms with Gasteiger partial charge in [0.15, 0.2) is 0 Å². The summed E-state index contributed by atoms with van der Waals surface area (Å²) in [5, 5.41) is 10.2. The van der Waals surface area contributed by atoms with Crippen LogP contribution >= 0.6 is 0 Å². The van der Waals surface area contributed by atoms with Gasteiger partial charge in [0.05, 0.1) is 11.7 Å². The number of benzene rings is 1. The molecule has 0 spiro atoms. The van der Waals surface area contributed by atoms with Gasteiger partial charge < -0.3 is 9.84 Å². The third kappa shape index (κ3) is 2.45. The van der Waals surface area contributed by atoms with Crippen LogP contribution in [-0.4, -0.2) is 23.9 Å². The summed E-state index contributed by atoms with van der Waals surface area (Å²) in [7, 11) is 1.71. The predicted octanol–water partition coefficient (Wildman–Crippen LogP) is 2.33. The monoisotopic (exact) mass is 220 g/mol. The van der Waals surface area contributed by atoms with E-state index in [2.05, 4.69) is 31.2 Å². The molecule has 1 aliphatic carbocycles. The van der Waals surface area contributed by atoms with Crippen molar-refractivity contribution >= 4 is 0 Å². The number of hydrogen-bond acceptors (Lipinski definition) is 2. The van der Waals surface area contributed by atoms with Gasteiger partial charge in [-0.25, -0.2) is 0 Å². The molecule has 88 valence electrons. The van der Waals surface area contributed by atoms with Crippen molar-refractivity contribution in [3.8, 4) is 0 Å². The Kier molecular flexibility index (Phi) is 3.31. The van der Waals surface area contributed by atoms with E-state index in [1.165, 1.54) is 11.1 Å². The van der Waals surface area contributed by atoms with Crippen molar-refractivity contribution in [1.29, 1.82) is 0 Å². The molecule has 0 bridgehead atoms. The molecule has 1 aromatic rings. The van der Waals surface area contributed by atoms with Crippen molar-refractivity contribution in [1.82, 2.24) is 0 Å². The lowest BCUT2D eigenvalue weighted by molar-refractivity contribution is -0.126. The van der Waals surface area contributed by atoms with Crippen LogP contribution in [-0.2, 0) is 17.6 Å². The van der Waals surface area contributed by atoms with Crippen molar-refractivity contribution in [2.24, 2.45) is 0 Å². The highest BCUT2D eigenvalue weighted by molar-refractivity contribution is 5.24. The minimum Gasteiger partial charge on any atom is -0.389 e. The molecule has 0 amide bonds. The first-order valence-corrected chi connectivity index (χ1v) is 5.98. The van der Waals surface area contributed by atoms with Gasteiger partial charge >= 0.3 is 0 Å². The summed E-state index contributed by atoms with van der Waals surface area (Å²) in [6, 6.07) is 8.53. The number of aliphatic hydroxyl groups is 1. The molecule has 0 radical (unpaired) electrons. The van der Waals surface area contributed by atoms with E-state index in [0.29, 0.717) is 0 Å². The van der Waals surface area contributed by atoms with Crippen LogP contribution in [0.2, 0.25) is 0 Å². The molecule has 1 aromatic carbocycles. The van der Waals surface area contributed by atoms with Crippen LogP contribution in [0.3, 0.4) is 0 Å². The van der Waals surface area contributed by atoms with E-state index in [0.717, 1.165) is 25.7 Å². The van der Waals surface area contributed by atoms with Crippen LogP contribution in [0.5, 0.6) is 0 Å². The van der Waals surface area contributed by atoms with E-state index in [1.807, 2.05) is 0 Å². The van der Waals surface area contributed by atoms with E-state index in [4.69, 9.17) is 4.74 Å². The maximum atomic E-state index is 10.2. The van der Waals surface area contributed by atoms with Gasteiger partial charge in [-0.05, 0) is 17.5 Å². The average molecular weight is 220 g/mol. The molecule has 2 nitrogen and oxygen atoms in total. The largest absolute Gasteiger partial charge is 0.389 e. The molecule has 1 saturated carbocycles. The van der Waals surface area contributed by atoms with Gasteiger partial charge in [-0.3, -0.25) is 0 Å². The fraction of sp³-hybridized carbons (Fsp3) is 0.571. The number of ether oxygens (including phenoxy) is 1. The molecule has 0 aliphatic heterocycles. The SMILES string of the molecule is CCc1ccc(CC2(O)CC(OC)C2)cc1. The molecule has 2 heteroatoms. The molecule has 0 saturated heterocycles. The molecule has 0 aromatic heterocycles. The maximum Gasteiger partial charge on any atom is 0.0737 e. The van der Waals surface area contributed by atoms with Crippen LogP contribution in [0.25, 0.3) is 0 Å². The standard InChI is InChI=1S/C14H20O2/c1-3-11-4-6-12(7-5-11)8-14(15)9-13(10-14)16-2/h4-7,13,15H,3,8-10H2,1-2H3. The van der Waals surface area contributed by atoms with E-state index in [-0.39, 0.29) is 6.10 Å². The second-order valence-electron chi connectivity index (χ2n) is 4.84. The zero-order valence-electron chi connectivity index (χ0n) is 10.1. The quantitative estimate of drug-likeness (QED) is 0.844. The highest BCUT2D eigenvalue weighted by Gasteiger charge is 2.42. The third-order valence-electron chi connectivity index (χ3n) is 3.51. The van der Waals surface area contributed by atoms with Crippen LogP contribution in [0, 0.1) is 0 Å². The van der Waals surface area contributed by atoms with Gasteiger partial charge in [0.2, 0.25) is 0 Å². The first kappa shape index (κ1) is 11.6. The molecule has 16 heavy (non-hydrogen) atoms. The lowest BCUT2D eigenvalue weighted by atomic mass is 9.73. The van der Waals surface area contributed by atoms with E-state index in [1.54, 1.807) is 7.11 Å². The van der Waals surface area contributed by atoms with Gasteiger partial charge in [0.1, 0.15) is 0 Å². The van der Waals surface area contributed by atoms with E-state index in [9.17, 15) is 5.11 Å². The van der Waals surface area contributed by atoms with Crippen molar-refractivity contribution < 1.29 is 9.84 Å². The topological polar surface area (TPSA) is 29.5 Å². The third-order valence-corrected chi connectivity index (χ3v) is 3.51. The summed E-state index contributed by atoms with van der Waals surface area (Å²) < 4.78 is 5.20. The Morgan fingerprint density at radius 3 is 2.31 bits per heavy atom. The Bertz CT molecular complexity index is 336. The second-order valence-corrected chi connectivity index (χ2v) is 4.84.